The van der Waals surface area contributed by atoms with E-state index in [1.807, 2.05) is 24.3 Å². The summed E-state index contributed by atoms with van der Waals surface area (Å²) in [4.78, 5) is 22.3. The van der Waals surface area contributed by atoms with E-state index in [1.54, 1.807) is 0 Å². The largest absolute Gasteiger partial charge is 0.480 e. The van der Waals surface area contributed by atoms with Gasteiger partial charge in [0.25, 0.3) is 0 Å². The van der Waals surface area contributed by atoms with Gasteiger partial charge in [0.05, 0.1) is 0 Å². The summed E-state index contributed by atoms with van der Waals surface area (Å²) >= 11 is 5.81. The zero-order chi connectivity index (χ0) is 15.2. The smallest absolute Gasteiger partial charge is 0.318 e. The molecular formula is C15H20ClNO3. The van der Waals surface area contributed by atoms with E-state index in [0.717, 1.165) is 19.3 Å². The van der Waals surface area contributed by atoms with Gasteiger partial charge in [0.15, 0.2) is 0 Å². The Balaban J connectivity index is 2.33. The Morgan fingerprint density at radius 1 is 1.20 bits per heavy atom. The fourth-order valence-electron chi connectivity index (χ4n) is 1.97. The zero-order valence-electron chi connectivity index (χ0n) is 11.6. The van der Waals surface area contributed by atoms with Crippen LogP contribution in [0.15, 0.2) is 24.3 Å². The number of amides is 1. The quantitative estimate of drug-likeness (QED) is 0.572. The van der Waals surface area contributed by atoms with Gasteiger partial charge in [0.2, 0.25) is 5.91 Å². The number of halogens is 1. The number of aliphatic carboxylic acids is 1. The van der Waals surface area contributed by atoms with Crippen molar-refractivity contribution in [1.82, 2.24) is 0 Å². The first kappa shape index (κ1) is 16.5. The van der Waals surface area contributed by atoms with Crippen molar-refractivity contribution in [3.63, 3.8) is 0 Å². The molecule has 0 aliphatic heterocycles. The summed E-state index contributed by atoms with van der Waals surface area (Å²) in [6, 6.07) is 7.66. The van der Waals surface area contributed by atoms with Crippen molar-refractivity contribution >= 4 is 23.5 Å². The first-order valence-corrected chi connectivity index (χ1v) is 7.02. The average Bonchev–Trinajstić information content (AvgIpc) is 2.39. The predicted octanol–water partition coefficient (Wildman–Crippen LogP) is 3.02. The summed E-state index contributed by atoms with van der Waals surface area (Å²) in [5, 5.41) is 9.77. The van der Waals surface area contributed by atoms with Crippen LogP contribution in [0.5, 0.6) is 0 Å². The lowest BCUT2D eigenvalue weighted by molar-refractivity contribution is -0.154. The lowest BCUT2D eigenvalue weighted by Gasteiger charge is -2.20. The highest BCUT2D eigenvalue weighted by Crippen LogP contribution is 2.25. The molecule has 1 amide bonds. The third kappa shape index (κ3) is 4.53. The molecule has 0 heterocycles. The van der Waals surface area contributed by atoms with Gasteiger partial charge < -0.3 is 10.8 Å². The molecule has 0 spiro atoms. The molecule has 0 bridgehead atoms. The van der Waals surface area contributed by atoms with Gasteiger partial charge in [-0.1, -0.05) is 36.6 Å². The third-order valence-corrected chi connectivity index (χ3v) is 3.82. The Morgan fingerprint density at radius 3 is 2.30 bits per heavy atom. The molecule has 0 aromatic heterocycles. The molecule has 0 aliphatic carbocycles. The minimum absolute atomic E-state index is 0.276. The Bertz CT molecular complexity index is 457. The highest BCUT2D eigenvalue weighted by molar-refractivity contribution is 6.30. The Kier molecular flexibility index (Phi) is 6.02. The SMILES string of the molecule is CC(CCCCCc1ccc(Cl)cc1)(C(N)=O)C(=O)O. The van der Waals surface area contributed by atoms with Crippen LogP contribution in [0.3, 0.4) is 0 Å². The molecule has 0 fully saturated rings. The molecule has 0 radical (unpaired) electrons. The Morgan fingerprint density at radius 2 is 1.80 bits per heavy atom. The predicted molar refractivity (Wildman–Crippen MR) is 78.6 cm³/mol. The van der Waals surface area contributed by atoms with Crippen molar-refractivity contribution in [2.75, 3.05) is 0 Å². The second kappa shape index (κ2) is 7.29. The van der Waals surface area contributed by atoms with Crippen LogP contribution in [-0.4, -0.2) is 17.0 Å². The highest BCUT2D eigenvalue weighted by Gasteiger charge is 2.38. The second-order valence-electron chi connectivity index (χ2n) is 5.19. The number of aryl methyl sites for hydroxylation is 1. The molecule has 3 N–H and O–H groups in total. The standard InChI is InChI=1S/C15H20ClNO3/c1-15(13(17)18,14(19)20)10-4-2-3-5-11-6-8-12(16)9-7-11/h6-9H,2-5,10H2,1H3,(H2,17,18)(H,19,20). The van der Waals surface area contributed by atoms with Gasteiger partial charge in [-0.2, -0.15) is 0 Å². The second-order valence-corrected chi connectivity index (χ2v) is 5.63. The van der Waals surface area contributed by atoms with Crippen molar-refractivity contribution in [3.8, 4) is 0 Å². The maximum absolute atomic E-state index is 11.2. The summed E-state index contributed by atoms with van der Waals surface area (Å²) < 4.78 is 0. The number of hydrogen-bond donors (Lipinski definition) is 2. The maximum atomic E-state index is 11.2. The van der Waals surface area contributed by atoms with E-state index in [2.05, 4.69) is 0 Å². The number of benzene rings is 1. The lowest BCUT2D eigenvalue weighted by Crippen LogP contribution is -2.41. The van der Waals surface area contributed by atoms with Crippen LogP contribution in [0.4, 0.5) is 0 Å². The molecule has 0 saturated carbocycles. The van der Waals surface area contributed by atoms with E-state index < -0.39 is 17.3 Å². The van der Waals surface area contributed by atoms with Crippen LogP contribution in [-0.2, 0) is 16.0 Å². The van der Waals surface area contributed by atoms with Gasteiger partial charge in [-0.3, -0.25) is 9.59 Å². The molecule has 20 heavy (non-hydrogen) atoms. The van der Waals surface area contributed by atoms with Crippen molar-refractivity contribution in [1.29, 1.82) is 0 Å². The van der Waals surface area contributed by atoms with Crippen molar-refractivity contribution < 1.29 is 14.7 Å². The average molecular weight is 298 g/mol. The van der Waals surface area contributed by atoms with Gasteiger partial charge in [0, 0.05) is 5.02 Å². The third-order valence-electron chi connectivity index (χ3n) is 3.57. The fourth-order valence-corrected chi connectivity index (χ4v) is 2.10. The minimum atomic E-state index is -1.46. The van der Waals surface area contributed by atoms with Crippen molar-refractivity contribution in [2.45, 2.75) is 39.0 Å². The van der Waals surface area contributed by atoms with E-state index in [0.29, 0.717) is 11.4 Å². The Labute approximate surface area is 123 Å². The Hall–Kier alpha value is -1.55. The summed E-state index contributed by atoms with van der Waals surface area (Å²) in [6.45, 7) is 1.39. The summed E-state index contributed by atoms with van der Waals surface area (Å²) in [6.07, 6.45) is 3.66. The van der Waals surface area contributed by atoms with Gasteiger partial charge in [0.1, 0.15) is 5.41 Å². The van der Waals surface area contributed by atoms with Gasteiger partial charge in [-0.05, 0) is 43.9 Å². The van der Waals surface area contributed by atoms with Gasteiger partial charge in [-0.25, -0.2) is 0 Å². The van der Waals surface area contributed by atoms with Crippen LogP contribution >= 0.6 is 11.6 Å². The number of rotatable bonds is 8. The van der Waals surface area contributed by atoms with E-state index in [1.165, 1.54) is 12.5 Å². The summed E-state index contributed by atoms with van der Waals surface area (Å²) in [5.74, 6) is -1.93. The van der Waals surface area contributed by atoms with Gasteiger partial charge in [-0.15, -0.1) is 0 Å². The number of nitrogens with two attached hydrogens (primary N) is 1. The van der Waals surface area contributed by atoms with Crippen LogP contribution in [0.25, 0.3) is 0 Å². The van der Waals surface area contributed by atoms with Crippen molar-refractivity contribution in [2.24, 2.45) is 11.1 Å². The van der Waals surface area contributed by atoms with Crippen LogP contribution in [0.1, 0.15) is 38.2 Å². The molecule has 1 atom stereocenters. The van der Waals surface area contributed by atoms with Crippen LogP contribution in [0.2, 0.25) is 5.02 Å². The number of carboxylic acids is 1. The molecule has 1 rings (SSSR count). The molecule has 5 heteroatoms. The molecule has 0 aliphatic rings. The highest BCUT2D eigenvalue weighted by atomic mass is 35.5. The zero-order valence-corrected chi connectivity index (χ0v) is 12.3. The van der Waals surface area contributed by atoms with E-state index in [9.17, 15) is 9.59 Å². The summed E-state index contributed by atoms with van der Waals surface area (Å²) in [5.41, 5.74) is 4.90. The number of unbranched alkanes of at least 4 members (excludes halogenated alkanes) is 2. The number of carbonyl (C=O) groups excluding carboxylic acids is 1. The first-order chi connectivity index (χ1) is 9.36. The number of carboxylic acid groups (broad SMARTS) is 1. The normalized spacial score (nSPS) is 13.7. The lowest BCUT2D eigenvalue weighted by atomic mass is 9.84. The first-order valence-electron chi connectivity index (χ1n) is 6.64. The maximum Gasteiger partial charge on any atom is 0.318 e. The molecule has 0 saturated heterocycles. The van der Waals surface area contributed by atoms with E-state index in [4.69, 9.17) is 22.4 Å². The monoisotopic (exact) mass is 297 g/mol. The minimum Gasteiger partial charge on any atom is -0.480 e. The van der Waals surface area contributed by atoms with E-state index in [-0.39, 0.29) is 6.42 Å². The van der Waals surface area contributed by atoms with Crippen LogP contribution < -0.4 is 5.73 Å². The number of hydrogen-bond acceptors (Lipinski definition) is 2. The fraction of sp³-hybridized carbons (Fsp3) is 0.467. The number of primary amides is 1. The van der Waals surface area contributed by atoms with Crippen molar-refractivity contribution in [3.05, 3.63) is 34.9 Å². The van der Waals surface area contributed by atoms with Gasteiger partial charge >= 0.3 is 5.97 Å². The van der Waals surface area contributed by atoms with E-state index >= 15 is 0 Å². The molecule has 110 valence electrons. The topological polar surface area (TPSA) is 80.4 Å². The molecule has 4 nitrogen and oxygen atoms in total. The number of carbonyl (C=O) groups is 2. The van der Waals surface area contributed by atoms with Crippen LogP contribution in [0, 0.1) is 5.41 Å². The summed E-state index contributed by atoms with van der Waals surface area (Å²) in [7, 11) is 0. The molecule has 1 unspecified atom stereocenters. The molecule has 1 aromatic rings. The molecule has 1 aromatic carbocycles. The molecular weight excluding hydrogens is 278 g/mol.